The van der Waals surface area contributed by atoms with Gasteiger partial charge < -0.3 is 9.64 Å². The summed E-state index contributed by atoms with van der Waals surface area (Å²) in [6.07, 6.45) is 5.82. The average Bonchev–Trinajstić information content (AvgIpc) is 3.11. The Hall–Kier alpha value is -1.06. The molecule has 1 saturated carbocycles. The summed E-state index contributed by atoms with van der Waals surface area (Å²) >= 11 is 0. The quantitative estimate of drug-likeness (QED) is 0.526. The first kappa shape index (κ1) is 11.4. The summed E-state index contributed by atoms with van der Waals surface area (Å²) in [5.41, 5.74) is -0.806. The minimum absolute atomic E-state index is 0.00116. The zero-order valence-electron chi connectivity index (χ0n) is 9.83. The Labute approximate surface area is 95.9 Å². The first-order valence-corrected chi connectivity index (χ1v) is 6.08. The normalized spacial score (nSPS) is 23.4. The molecule has 1 aliphatic carbocycles. The second-order valence-electron chi connectivity index (χ2n) is 4.78. The van der Waals surface area contributed by atoms with E-state index in [1.54, 1.807) is 0 Å². The minimum atomic E-state index is -0.806. The highest BCUT2D eigenvalue weighted by molar-refractivity contribution is 6.05. The maximum absolute atomic E-state index is 12.3. The lowest BCUT2D eigenvalue weighted by Gasteiger charge is -2.24. The standard InChI is InChI=1S/C12H19NO3/c1-16-11(15)12(6-7-12)10(14)13-8-4-2-3-5-9-13/h2-9H2,1H3. The number of methoxy groups -OCH3 is 1. The maximum atomic E-state index is 12.3. The van der Waals surface area contributed by atoms with Crippen molar-refractivity contribution in [1.82, 2.24) is 4.90 Å². The Morgan fingerprint density at radius 1 is 1.06 bits per heavy atom. The SMILES string of the molecule is COC(=O)C1(C(=O)N2CCCCCC2)CC1. The number of carbonyl (C=O) groups excluding carboxylic acids is 2. The van der Waals surface area contributed by atoms with Gasteiger partial charge in [-0.05, 0) is 25.7 Å². The highest BCUT2D eigenvalue weighted by Gasteiger charge is 2.59. The molecule has 2 fully saturated rings. The molecule has 4 nitrogen and oxygen atoms in total. The Kier molecular flexibility index (Phi) is 3.17. The van der Waals surface area contributed by atoms with Crippen LogP contribution < -0.4 is 0 Å². The lowest BCUT2D eigenvalue weighted by atomic mass is 10.1. The van der Waals surface area contributed by atoms with Crippen LogP contribution in [0.15, 0.2) is 0 Å². The molecule has 0 atom stereocenters. The van der Waals surface area contributed by atoms with E-state index in [-0.39, 0.29) is 11.9 Å². The fourth-order valence-corrected chi connectivity index (χ4v) is 2.40. The van der Waals surface area contributed by atoms with Crippen LogP contribution >= 0.6 is 0 Å². The highest BCUT2D eigenvalue weighted by Crippen LogP contribution is 2.48. The van der Waals surface area contributed by atoms with Crippen molar-refractivity contribution in [3.63, 3.8) is 0 Å². The van der Waals surface area contributed by atoms with E-state index >= 15 is 0 Å². The molecule has 2 rings (SSSR count). The molecular formula is C12H19NO3. The molecule has 0 aromatic carbocycles. The number of hydrogen-bond donors (Lipinski definition) is 0. The number of esters is 1. The fraction of sp³-hybridized carbons (Fsp3) is 0.833. The number of amides is 1. The monoisotopic (exact) mass is 225 g/mol. The van der Waals surface area contributed by atoms with Gasteiger partial charge in [-0.15, -0.1) is 0 Å². The summed E-state index contributed by atoms with van der Waals surface area (Å²) in [5.74, 6) is -0.344. The van der Waals surface area contributed by atoms with E-state index in [9.17, 15) is 9.59 Å². The second kappa shape index (κ2) is 4.44. The molecule has 1 saturated heterocycles. The maximum Gasteiger partial charge on any atom is 0.321 e. The molecule has 0 aromatic heterocycles. The third kappa shape index (κ3) is 1.93. The van der Waals surface area contributed by atoms with Crippen molar-refractivity contribution in [2.75, 3.05) is 20.2 Å². The summed E-state index contributed by atoms with van der Waals surface area (Å²) in [6, 6.07) is 0. The minimum Gasteiger partial charge on any atom is -0.468 e. The number of nitrogens with zero attached hydrogens (tertiary/aromatic N) is 1. The van der Waals surface area contributed by atoms with Crippen molar-refractivity contribution < 1.29 is 14.3 Å². The van der Waals surface area contributed by atoms with Crippen LogP contribution in [0.3, 0.4) is 0 Å². The fourth-order valence-electron chi connectivity index (χ4n) is 2.40. The molecule has 0 N–H and O–H groups in total. The number of likely N-dealkylation sites (tertiary alicyclic amines) is 1. The van der Waals surface area contributed by atoms with Crippen LogP contribution in [0.1, 0.15) is 38.5 Å². The predicted octanol–water partition coefficient (Wildman–Crippen LogP) is 1.34. The van der Waals surface area contributed by atoms with Crippen molar-refractivity contribution in [3.05, 3.63) is 0 Å². The molecule has 0 radical (unpaired) electrons. The average molecular weight is 225 g/mol. The van der Waals surface area contributed by atoms with Crippen LogP contribution in [0, 0.1) is 5.41 Å². The Morgan fingerprint density at radius 2 is 1.62 bits per heavy atom. The van der Waals surface area contributed by atoms with Crippen LogP contribution in [-0.2, 0) is 14.3 Å². The van der Waals surface area contributed by atoms with Gasteiger partial charge in [-0.25, -0.2) is 0 Å². The van der Waals surface area contributed by atoms with Crippen LogP contribution in [-0.4, -0.2) is 37.0 Å². The Morgan fingerprint density at radius 3 is 2.06 bits per heavy atom. The van der Waals surface area contributed by atoms with Crippen molar-refractivity contribution in [2.24, 2.45) is 5.41 Å². The van der Waals surface area contributed by atoms with Crippen molar-refractivity contribution in [1.29, 1.82) is 0 Å². The smallest absolute Gasteiger partial charge is 0.321 e. The zero-order valence-corrected chi connectivity index (χ0v) is 9.83. The van der Waals surface area contributed by atoms with Gasteiger partial charge in [0.2, 0.25) is 5.91 Å². The number of carbonyl (C=O) groups is 2. The van der Waals surface area contributed by atoms with Gasteiger partial charge >= 0.3 is 5.97 Å². The first-order valence-electron chi connectivity index (χ1n) is 6.08. The van der Waals surface area contributed by atoms with Crippen molar-refractivity contribution >= 4 is 11.9 Å². The first-order chi connectivity index (χ1) is 7.70. The molecule has 1 aliphatic heterocycles. The molecule has 4 heteroatoms. The van der Waals surface area contributed by atoms with Gasteiger partial charge in [-0.2, -0.15) is 0 Å². The van der Waals surface area contributed by atoms with Gasteiger partial charge in [0.1, 0.15) is 5.41 Å². The van der Waals surface area contributed by atoms with Crippen LogP contribution in [0.5, 0.6) is 0 Å². The topological polar surface area (TPSA) is 46.6 Å². The van der Waals surface area contributed by atoms with E-state index in [0.717, 1.165) is 25.9 Å². The molecule has 1 heterocycles. The predicted molar refractivity (Wildman–Crippen MR) is 58.7 cm³/mol. The van der Waals surface area contributed by atoms with Gasteiger partial charge in [0, 0.05) is 13.1 Å². The molecule has 0 spiro atoms. The molecule has 0 bridgehead atoms. The summed E-state index contributed by atoms with van der Waals surface area (Å²) < 4.78 is 4.73. The summed E-state index contributed by atoms with van der Waals surface area (Å²) in [4.78, 5) is 25.7. The number of rotatable bonds is 2. The van der Waals surface area contributed by atoms with E-state index in [2.05, 4.69) is 0 Å². The molecule has 0 aromatic rings. The largest absolute Gasteiger partial charge is 0.468 e. The Bertz CT molecular complexity index is 289. The van der Waals surface area contributed by atoms with E-state index in [4.69, 9.17) is 4.74 Å². The number of hydrogen-bond acceptors (Lipinski definition) is 3. The van der Waals surface area contributed by atoms with Crippen molar-refractivity contribution in [2.45, 2.75) is 38.5 Å². The van der Waals surface area contributed by atoms with E-state index in [0.29, 0.717) is 12.8 Å². The zero-order chi connectivity index (χ0) is 11.6. The van der Waals surface area contributed by atoms with Crippen LogP contribution in [0.25, 0.3) is 0 Å². The number of ether oxygens (including phenoxy) is 1. The van der Waals surface area contributed by atoms with Gasteiger partial charge in [-0.3, -0.25) is 9.59 Å². The van der Waals surface area contributed by atoms with E-state index < -0.39 is 5.41 Å². The van der Waals surface area contributed by atoms with Gasteiger partial charge in [0.05, 0.1) is 7.11 Å². The van der Waals surface area contributed by atoms with Gasteiger partial charge in [-0.1, -0.05) is 12.8 Å². The Balaban J connectivity index is 2.03. The third-order valence-corrected chi connectivity index (χ3v) is 3.63. The van der Waals surface area contributed by atoms with Crippen LogP contribution in [0.4, 0.5) is 0 Å². The molecule has 90 valence electrons. The second-order valence-corrected chi connectivity index (χ2v) is 4.78. The molecule has 1 amide bonds. The summed E-state index contributed by atoms with van der Waals surface area (Å²) in [6.45, 7) is 1.61. The van der Waals surface area contributed by atoms with E-state index in [1.165, 1.54) is 20.0 Å². The van der Waals surface area contributed by atoms with Crippen LogP contribution in [0.2, 0.25) is 0 Å². The lowest BCUT2D eigenvalue weighted by Crippen LogP contribution is -2.41. The summed E-state index contributed by atoms with van der Waals surface area (Å²) in [7, 11) is 1.36. The third-order valence-electron chi connectivity index (χ3n) is 3.63. The van der Waals surface area contributed by atoms with Crippen molar-refractivity contribution in [3.8, 4) is 0 Å². The van der Waals surface area contributed by atoms with E-state index in [1.807, 2.05) is 4.90 Å². The molecule has 0 unspecified atom stereocenters. The molecule has 2 aliphatic rings. The molecule has 16 heavy (non-hydrogen) atoms. The highest BCUT2D eigenvalue weighted by atomic mass is 16.5. The van der Waals surface area contributed by atoms with Gasteiger partial charge in [0.25, 0.3) is 0 Å². The molecular weight excluding hydrogens is 206 g/mol. The summed E-state index contributed by atoms with van der Waals surface area (Å²) in [5, 5.41) is 0. The lowest BCUT2D eigenvalue weighted by molar-refractivity contribution is -0.156. The van der Waals surface area contributed by atoms with Gasteiger partial charge in [0.15, 0.2) is 0 Å².